The summed E-state index contributed by atoms with van der Waals surface area (Å²) < 4.78 is 15.9. The fourth-order valence-corrected chi connectivity index (χ4v) is 1.33. The fraction of sp³-hybridized carbons (Fsp3) is 0.923. The molecule has 1 fully saturated rings. The van der Waals surface area contributed by atoms with Gasteiger partial charge in [0.2, 0.25) is 0 Å². The summed E-state index contributed by atoms with van der Waals surface area (Å²) in [6.45, 7) is 9.60. The molecule has 0 aromatic carbocycles. The van der Waals surface area contributed by atoms with E-state index < -0.39 is 0 Å². The number of hydrogen-bond donors (Lipinski definition) is 0. The Balaban J connectivity index is 2.22. The SMILES string of the molecule is CCC(C)(CC)OCC(C)C(=O)OCC1CO1. The second-order valence-corrected chi connectivity index (χ2v) is 4.95. The van der Waals surface area contributed by atoms with Crippen molar-refractivity contribution in [2.24, 2.45) is 5.92 Å². The van der Waals surface area contributed by atoms with Gasteiger partial charge in [-0.25, -0.2) is 0 Å². The topological polar surface area (TPSA) is 48.1 Å². The Morgan fingerprint density at radius 1 is 1.47 bits per heavy atom. The van der Waals surface area contributed by atoms with Gasteiger partial charge >= 0.3 is 5.97 Å². The Bertz CT molecular complexity index is 244. The number of rotatable bonds is 8. The van der Waals surface area contributed by atoms with E-state index >= 15 is 0 Å². The molecule has 2 unspecified atom stereocenters. The number of carbonyl (C=O) groups is 1. The van der Waals surface area contributed by atoms with E-state index in [1.54, 1.807) is 0 Å². The summed E-state index contributed by atoms with van der Waals surface area (Å²) in [5.74, 6) is -0.416. The highest BCUT2D eigenvalue weighted by atomic mass is 16.6. The number of hydrogen-bond acceptors (Lipinski definition) is 4. The van der Waals surface area contributed by atoms with E-state index in [0.717, 1.165) is 12.8 Å². The first-order chi connectivity index (χ1) is 8.00. The third kappa shape index (κ3) is 5.04. The first-order valence-electron chi connectivity index (χ1n) is 6.43. The Morgan fingerprint density at radius 3 is 2.53 bits per heavy atom. The van der Waals surface area contributed by atoms with Gasteiger partial charge in [0.15, 0.2) is 0 Å². The molecule has 0 bridgehead atoms. The van der Waals surface area contributed by atoms with Crippen LogP contribution in [0.5, 0.6) is 0 Å². The molecule has 2 atom stereocenters. The van der Waals surface area contributed by atoms with E-state index in [2.05, 4.69) is 20.8 Å². The van der Waals surface area contributed by atoms with Crippen LogP contribution in [-0.4, -0.2) is 37.5 Å². The van der Waals surface area contributed by atoms with Crippen LogP contribution in [0.1, 0.15) is 40.5 Å². The van der Waals surface area contributed by atoms with Crippen LogP contribution in [0.25, 0.3) is 0 Å². The molecular weight excluding hydrogens is 220 g/mol. The molecule has 0 spiro atoms. The lowest BCUT2D eigenvalue weighted by molar-refractivity contribution is -0.153. The average molecular weight is 244 g/mol. The summed E-state index contributed by atoms with van der Waals surface area (Å²) in [6, 6.07) is 0. The third-order valence-electron chi connectivity index (χ3n) is 3.39. The highest BCUT2D eigenvalue weighted by molar-refractivity contribution is 5.72. The molecule has 1 aliphatic heterocycles. The molecule has 1 aliphatic rings. The van der Waals surface area contributed by atoms with Crippen LogP contribution in [-0.2, 0) is 19.0 Å². The van der Waals surface area contributed by atoms with Gasteiger partial charge in [-0.15, -0.1) is 0 Å². The number of ether oxygens (including phenoxy) is 3. The van der Waals surface area contributed by atoms with Gasteiger partial charge in [-0.2, -0.15) is 0 Å². The molecular formula is C13H24O4. The van der Waals surface area contributed by atoms with Crippen molar-refractivity contribution in [2.45, 2.75) is 52.2 Å². The lowest BCUT2D eigenvalue weighted by atomic mass is 10.00. The summed E-state index contributed by atoms with van der Waals surface area (Å²) in [5, 5.41) is 0. The van der Waals surface area contributed by atoms with Gasteiger partial charge in [-0.05, 0) is 26.7 Å². The Morgan fingerprint density at radius 2 is 2.06 bits per heavy atom. The van der Waals surface area contributed by atoms with E-state index in [1.165, 1.54) is 0 Å². The molecule has 0 amide bonds. The normalized spacial score (nSPS) is 21.1. The Kier molecular flexibility index (Phi) is 5.40. The standard InChI is InChI=1S/C13H24O4/c1-5-13(4,6-2)17-7-10(3)12(14)16-9-11-8-15-11/h10-11H,5-9H2,1-4H3. The highest BCUT2D eigenvalue weighted by Crippen LogP contribution is 2.20. The van der Waals surface area contributed by atoms with Crippen molar-refractivity contribution in [1.82, 2.24) is 0 Å². The Hall–Kier alpha value is -0.610. The third-order valence-corrected chi connectivity index (χ3v) is 3.39. The zero-order valence-corrected chi connectivity index (χ0v) is 11.3. The van der Waals surface area contributed by atoms with Crippen molar-refractivity contribution in [3.05, 3.63) is 0 Å². The molecule has 4 heteroatoms. The van der Waals surface area contributed by atoms with E-state index in [0.29, 0.717) is 19.8 Å². The molecule has 100 valence electrons. The molecule has 1 saturated heterocycles. The summed E-state index contributed by atoms with van der Waals surface area (Å²) in [5.41, 5.74) is -0.131. The molecule has 0 saturated carbocycles. The molecule has 4 nitrogen and oxygen atoms in total. The maximum Gasteiger partial charge on any atom is 0.311 e. The van der Waals surface area contributed by atoms with Crippen molar-refractivity contribution in [3.63, 3.8) is 0 Å². The largest absolute Gasteiger partial charge is 0.463 e. The smallest absolute Gasteiger partial charge is 0.311 e. The zero-order chi connectivity index (χ0) is 12.9. The second kappa shape index (κ2) is 6.36. The minimum atomic E-state index is -0.217. The van der Waals surface area contributed by atoms with E-state index in [9.17, 15) is 4.79 Å². The van der Waals surface area contributed by atoms with Crippen LogP contribution in [0, 0.1) is 5.92 Å². The molecule has 0 aliphatic carbocycles. The van der Waals surface area contributed by atoms with Gasteiger partial charge < -0.3 is 14.2 Å². The number of carbonyl (C=O) groups excluding carboxylic acids is 1. The van der Waals surface area contributed by atoms with Gasteiger partial charge in [0.05, 0.1) is 24.7 Å². The van der Waals surface area contributed by atoms with Crippen LogP contribution in [0.4, 0.5) is 0 Å². The van der Waals surface area contributed by atoms with E-state index in [1.807, 2.05) is 6.92 Å². The van der Waals surface area contributed by atoms with Crippen molar-refractivity contribution in [3.8, 4) is 0 Å². The molecule has 0 aromatic heterocycles. The molecule has 1 rings (SSSR count). The van der Waals surface area contributed by atoms with Crippen LogP contribution < -0.4 is 0 Å². The maximum atomic E-state index is 11.6. The van der Waals surface area contributed by atoms with Crippen molar-refractivity contribution < 1.29 is 19.0 Å². The van der Waals surface area contributed by atoms with Crippen LogP contribution >= 0.6 is 0 Å². The first kappa shape index (κ1) is 14.5. The van der Waals surface area contributed by atoms with Crippen LogP contribution in [0.15, 0.2) is 0 Å². The number of epoxide rings is 1. The van der Waals surface area contributed by atoms with Gasteiger partial charge in [-0.3, -0.25) is 4.79 Å². The minimum absolute atomic E-state index is 0.128. The van der Waals surface area contributed by atoms with Gasteiger partial charge in [0, 0.05) is 0 Å². The van der Waals surface area contributed by atoms with Gasteiger partial charge in [-0.1, -0.05) is 13.8 Å². The zero-order valence-electron chi connectivity index (χ0n) is 11.3. The highest BCUT2D eigenvalue weighted by Gasteiger charge is 2.27. The average Bonchev–Trinajstić information content (AvgIpc) is 3.16. The van der Waals surface area contributed by atoms with Gasteiger partial charge in [0.1, 0.15) is 12.7 Å². The monoisotopic (exact) mass is 244 g/mol. The lowest BCUT2D eigenvalue weighted by Crippen LogP contribution is -2.31. The summed E-state index contributed by atoms with van der Waals surface area (Å²) in [4.78, 5) is 11.6. The quantitative estimate of drug-likeness (QED) is 0.485. The fourth-order valence-electron chi connectivity index (χ4n) is 1.33. The first-order valence-corrected chi connectivity index (χ1v) is 6.43. The molecule has 17 heavy (non-hydrogen) atoms. The molecule has 0 aromatic rings. The van der Waals surface area contributed by atoms with Gasteiger partial charge in [0.25, 0.3) is 0 Å². The van der Waals surface area contributed by atoms with E-state index in [-0.39, 0.29) is 23.6 Å². The van der Waals surface area contributed by atoms with Crippen LogP contribution in [0.3, 0.4) is 0 Å². The molecule has 0 N–H and O–H groups in total. The minimum Gasteiger partial charge on any atom is -0.463 e. The van der Waals surface area contributed by atoms with E-state index in [4.69, 9.17) is 14.2 Å². The van der Waals surface area contributed by atoms with Crippen molar-refractivity contribution in [2.75, 3.05) is 19.8 Å². The molecule has 0 radical (unpaired) electrons. The summed E-state index contributed by atoms with van der Waals surface area (Å²) >= 11 is 0. The Labute approximate surface area is 104 Å². The lowest BCUT2D eigenvalue weighted by Gasteiger charge is -2.28. The summed E-state index contributed by atoms with van der Waals surface area (Å²) in [7, 11) is 0. The molecule has 1 heterocycles. The summed E-state index contributed by atoms with van der Waals surface area (Å²) in [6.07, 6.45) is 2.02. The predicted molar refractivity (Wildman–Crippen MR) is 64.8 cm³/mol. The maximum absolute atomic E-state index is 11.6. The predicted octanol–water partition coefficient (Wildman–Crippen LogP) is 2.16. The van der Waals surface area contributed by atoms with Crippen molar-refractivity contribution in [1.29, 1.82) is 0 Å². The number of esters is 1. The van der Waals surface area contributed by atoms with Crippen LogP contribution in [0.2, 0.25) is 0 Å². The second-order valence-electron chi connectivity index (χ2n) is 4.95. The van der Waals surface area contributed by atoms with Crippen molar-refractivity contribution >= 4 is 5.97 Å².